The lowest BCUT2D eigenvalue weighted by Crippen LogP contribution is -2.27. The minimum absolute atomic E-state index is 0.0537. The van der Waals surface area contributed by atoms with E-state index in [4.69, 9.17) is 16.2 Å². The summed E-state index contributed by atoms with van der Waals surface area (Å²) >= 11 is 5.96. The number of aromatic nitrogens is 2. The maximum Gasteiger partial charge on any atom is 0.224 e. The monoisotopic (exact) mass is 265 g/mol. The highest BCUT2D eigenvalue weighted by Crippen LogP contribution is 2.19. The van der Waals surface area contributed by atoms with Crippen LogP contribution in [0.3, 0.4) is 0 Å². The fourth-order valence-electron chi connectivity index (χ4n) is 2.26. The molecule has 1 fully saturated rings. The summed E-state index contributed by atoms with van der Waals surface area (Å²) in [5, 5.41) is 7.63. The summed E-state index contributed by atoms with van der Waals surface area (Å²) in [7, 11) is 0. The van der Waals surface area contributed by atoms with E-state index < -0.39 is 0 Å². The molecule has 1 saturated heterocycles. The number of fused-ring (bicyclic) bond motifs is 1. The van der Waals surface area contributed by atoms with Crippen molar-refractivity contribution in [3.63, 3.8) is 0 Å². The molecular formula is C12H12ClN3O2. The Kier molecular flexibility index (Phi) is 2.91. The quantitative estimate of drug-likeness (QED) is 0.791. The molecule has 94 valence electrons. The van der Waals surface area contributed by atoms with Crippen molar-refractivity contribution in [2.24, 2.45) is 0 Å². The molecule has 0 bridgehead atoms. The molecule has 0 N–H and O–H groups in total. The first kappa shape index (κ1) is 11.5. The van der Waals surface area contributed by atoms with Crippen LogP contribution in [-0.2, 0) is 11.2 Å². The molecule has 0 aliphatic carbocycles. The van der Waals surface area contributed by atoms with E-state index in [0.29, 0.717) is 19.5 Å². The number of hydrogen-bond donors (Lipinski definition) is 0. The Morgan fingerprint density at radius 3 is 3.11 bits per heavy atom. The van der Waals surface area contributed by atoms with Gasteiger partial charge in [0, 0.05) is 19.5 Å². The molecule has 2 aromatic rings. The number of halogens is 1. The van der Waals surface area contributed by atoms with Crippen LogP contribution in [0.4, 0.5) is 0 Å². The predicted molar refractivity (Wildman–Crippen MR) is 66.3 cm³/mol. The first-order valence-electron chi connectivity index (χ1n) is 5.86. The number of nitrogens with zero attached hydrogens (tertiary/aromatic N) is 3. The highest BCUT2D eigenvalue weighted by atomic mass is 35.5. The summed E-state index contributed by atoms with van der Waals surface area (Å²) in [6, 6.07) is 5.74. The lowest BCUT2D eigenvalue weighted by molar-refractivity contribution is -0.127. The second kappa shape index (κ2) is 4.57. The fourth-order valence-corrected chi connectivity index (χ4v) is 2.56. The molecule has 1 unspecified atom stereocenters. The van der Waals surface area contributed by atoms with Crippen LogP contribution in [0.15, 0.2) is 22.8 Å². The van der Waals surface area contributed by atoms with Gasteiger partial charge < -0.3 is 4.90 Å². The summed E-state index contributed by atoms with van der Waals surface area (Å²) in [6.07, 6.45) is 1.18. The van der Waals surface area contributed by atoms with Gasteiger partial charge in [0.2, 0.25) is 5.91 Å². The number of amides is 1. The molecule has 2 heterocycles. The molecule has 1 amide bonds. The van der Waals surface area contributed by atoms with Crippen molar-refractivity contribution in [2.75, 3.05) is 13.1 Å². The van der Waals surface area contributed by atoms with Crippen LogP contribution in [-0.4, -0.2) is 39.6 Å². The summed E-state index contributed by atoms with van der Waals surface area (Å²) in [6.45, 7) is 1.29. The smallest absolute Gasteiger partial charge is 0.224 e. The largest absolute Gasteiger partial charge is 0.341 e. The van der Waals surface area contributed by atoms with Crippen molar-refractivity contribution in [2.45, 2.75) is 18.2 Å². The zero-order valence-corrected chi connectivity index (χ0v) is 10.4. The van der Waals surface area contributed by atoms with Gasteiger partial charge in [-0.3, -0.25) is 4.79 Å². The zero-order valence-electron chi connectivity index (χ0n) is 9.67. The normalized spacial score (nSPS) is 19.9. The van der Waals surface area contributed by atoms with Gasteiger partial charge in [0.15, 0.2) is 0 Å². The average Bonchev–Trinajstić information content (AvgIpc) is 2.93. The maximum absolute atomic E-state index is 11.6. The lowest BCUT2D eigenvalue weighted by Gasteiger charge is -2.15. The molecule has 18 heavy (non-hydrogen) atoms. The van der Waals surface area contributed by atoms with Crippen LogP contribution in [0.2, 0.25) is 0 Å². The van der Waals surface area contributed by atoms with E-state index in [2.05, 4.69) is 10.3 Å². The topological polar surface area (TPSA) is 59.2 Å². The molecule has 0 saturated carbocycles. The number of likely N-dealkylation sites (tertiary alicyclic amines) is 1. The Morgan fingerprint density at radius 2 is 2.33 bits per heavy atom. The van der Waals surface area contributed by atoms with Gasteiger partial charge in [-0.2, -0.15) is 0 Å². The van der Waals surface area contributed by atoms with Crippen molar-refractivity contribution < 1.29 is 9.42 Å². The van der Waals surface area contributed by atoms with Crippen LogP contribution >= 0.6 is 11.6 Å². The van der Waals surface area contributed by atoms with E-state index in [-0.39, 0.29) is 11.3 Å². The lowest BCUT2D eigenvalue weighted by atomic mass is 10.1. The van der Waals surface area contributed by atoms with Crippen molar-refractivity contribution in [3.8, 4) is 0 Å². The molecule has 5 nitrogen and oxygen atoms in total. The van der Waals surface area contributed by atoms with Gasteiger partial charge >= 0.3 is 0 Å². The molecule has 1 aromatic heterocycles. The summed E-state index contributed by atoms with van der Waals surface area (Å²) in [5.41, 5.74) is 2.56. The van der Waals surface area contributed by atoms with Crippen LogP contribution < -0.4 is 0 Å². The molecule has 1 aliphatic heterocycles. The number of carbonyl (C=O) groups excluding carboxylic acids is 1. The van der Waals surface area contributed by atoms with E-state index >= 15 is 0 Å². The number of benzene rings is 1. The van der Waals surface area contributed by atoms with E-state index in [1.54, 1.807) is 4.90 Å². The molecule has 0 radical (unpaired) electrons. The predicted octanol–water partition coefficient (Wildman–Crippen LogP) is 1.60. The Hall–Kier alpha value is -1.62. The van der Waals surface area contributed by atoms with Crippen molar-refractivity contribution in [1.29, 1.82) is 0 Å². The number of carbonyl (C=O) groups is 1. The molecule has 0 spiro atoms. The minimum Gasteiger partial charge on any atom is -0.341 e. The van der Waals surface area contributed by atoms with Crippen LogP contribution in [0.25, 0.3) is 11.0 Å². The number of hydrogen-bond acceptors (Lipinski definition) is 4. The first-order chi connectivity index (χ1) is 8.74. The fraction of sp³-hybridized carbons (Fsp3) is 0.417. The van der Waals surface area contributed by atoms with Gasteiger partial charge in [0.05, 0.1) is 5.38 Å². The SMILES string of the molecule is O=C1CC(Cl)CN1CCc1cccc2nonc12. The van der Waals surface area contributed by atoms with Gasteiger partial charge in [-0.05, 0) is 28.4 Å². The van der Waals surface area contributed by atoms with Crippen molar-refractivity contribution in [1.82, 2.24) is 15.2 Å². The van der Waals surface area contributed by atoms with Gasteiger partial charge in [0.25, 0.3) is 0 Å². The minimum atomic E-state index is -0.0537. The molecule has 1 atom stereocenters. The number of alkyl halides is 1. The van der Waals surface area contributed by atoms with Gasteiger partial charge in [-0.1, -0.05) is 12.1 Å². The highest BCUT2D eigenvalue weighted by Gasteiger charge is 2.27. The van der Waals surface area contributed by atoms with Crippen LogP contribution in [0.1, 0.15) is 12.0 Å². The van der Waals surface area contributed by atoms with Crippen molar-refractivity contribution >= 4 is 28.5 Å². The Labute approximate surface area is 109 Å². The van der Waals surface area contributed by atoms with Gasteiger partial charge in [-0.15, -0.1) is 11.6 Å². The highest BCUT2D eigenvalue weighted by molar-refractivity contribution is 6.22. The molecule has 6 heteroatoms. The van der Waals surface area contributed by atoms with Gasteiger partial charge in [-0.25, -0.2) is 4.63 Å². The molecule has 1 aromatic carbocycles. The molecule has 3 rings (SSSR count). The van der Waals surface area contributed by atoms with Gasteiger partial charge in [0.1, 0.15) is 11.0 Å². The van der Waals surface area contributed by atoms with Crippen LogP contribution in [0, 0.1) is 0 Å². The molecule has 1 aliphatic rings. The van der Waals surface area contributed by atoms with E-state index in [1.807, 2.05) is 18.2 Å². The van der Waals surface area contributed by atoms with E-state index in [0.717, 1.165) is 23.0 Å². The van der Waals surface area contributed by atoms with Crippen molar-refractivity contribution in [3.05, 3.63) is 23.8 Å². The standard InChI is InChI=1S/C12H12ClN3O2/c13-9-6-11(17)16(7-9)5-4-8-2-1-3-10-12(8)15-18-14-10/h1-3,9H,4-7H2. The second-order valence-electron chi connectivity index (χ2n) is 4.44. The average molecular weight is 266 g/mol. The first-order valence-corrected chi connectivity index (χ1v) is 6.29. The summed E-state index contributed by atoms with van der Waals surface area (Å²) in [4.78, 5) is 13.4. The summed E-state index contributed by atoms with van der Waals surface area (Å²) < 4.78 is 4.71. The third kappa shape index (κ3) is 2.06. The third-order valence-corrected chi connectivity index (χ3v) is 3.48. The van der Waals surface area contributed by atoms with E-state index in [1.165, 1.54) is 0 Å². The Bertz CT molecular complexity index is 583. The summed E-state index contributed by atoms with van der Waals surface area (Å²) in [5.74, 6) is 0.125. The second-order valence-corrected chi connectivity index (χ2v) is 5.06. The molecular weight excluding hydrogens is 254 g/mol. The Morgan fingerprint density at radius 1 is 1.44 bits per heavy atom. The van der Waals surface area contributed by atoms with Crippen LogP contribution in [0.5, 0.6) is 0 Å². The zero-order chi connectivity index (χ0) is 12.5. The van der Waals surface area contributed by atoms with E-state index in [9.17, 15) is 4.79 Å². The number of rotatable bonds is 3. The maximum atomic E-state index is 11.6. The Balaban J connectivity index is 1.73. The third-order valence-electron chi connectivity index (χ3n) is 3.19.